The second kappa shape index (κ2) is 6.64. The van der Waals surface area contributed by atoms with E-state index in [-0.39, 0.29) is 6.04 Å². The van der Waals surface area contributed by atoms with Gasteiger partial charge in [0.25, 0.3) is 0 Å². The lowest BCUT2D eigenvalue weighted by molar-refractivity contribution is -0.123. The third-order valence-corrected chi connectivity index (χ3v) is 4.54. The molecule has 0 bridgehead atoms. The number of ketones is 1. The minimum Gasteiger partial charge on any atom is -0.304 e. The summed E-state index contributed by atoms with van der Waals surface area (Å²) in [5, 5.41) is 0. The Morgan fingerprint density at radius 2 is 2.05 bits per heavy atom. The molecule has 104 valence electrons. The molecule has 0 amide bonds. The van der Waals surface area contributed by atoms with E-state index in [9.17, 15) is 4.79 Å². The first kappa shape index (κ1) is 14.7. The zero-order valence-electron chi connectivity index (χ0n) is 11.6. The van der Waals surface area contributed by atoms with E-state index in [2.05, 4.69) is 39.8 Å². The van der Waals surface area contributed by atoms with E-state index in [0.29, 0.717) is 12.2 Å². The summed E-state index contributed by atoms with van der Waals surface area (Å²) < 4.78 is 1.02. The van der Waals surface area contributed by atoms with Gasteiger partial charge in [-0.15, -0.1) is 0 Å². The predicted octanol–water partition coefficient (Wildman–Crippen LogP) is 2.20. The van der Waals surface area contributed by atoms with Crippen molar-refractivity contribution in [1.82, 2.24) is 9.80 Å². The van der Waals surface area contributed by atoms with Crippen molar-refractivity contribution in [3.63, 3.8) is 0 Å². The number of hydrogen-bond donors (Lipinski definition) is 0. The molecule has 3 nitrogen and oxygen atoms in total. The Morgan fingerprint density at radius 3 is 2.79 bits per heavy atom. The molecule has 0 spiro atoms. The van der Waals surface area contributed by atoms with Crippen LogP contribution < -0.4 is 0 Å². The molecule has 1 fully saturated rings. The smallest absolute Gasteiger partial charge is 0.155 e. The Morgan fingerprint density at radius 1 is 1.32 bits per heavy atom. The molecule has 1 atom stereocenters. The molecule has 1 saturated heterocycles. The number of halogens is 1. The van der Waals surface area contributed by atoms with Crippen LogP contribution in [0.25, 0.3) is 0 Å². The highest BCUT2D eigenvalue weighted by molar-refractivity contribution is 9.10. The molecule has 1 heterocycles. The molecule has 1 unspecified atom stereocenters. The van der Waals surface area contributed by atoms with Gasteiger partial charge in [-0.05, 0) is 45.2 Å². The van der Waals surface area contributed by atoms with Crippen LogP contribution in [0.15, 0.2) is 28.7 Å². The second-order valence-electron chi connectivity index (χ2n) is 5.35. The van der Waals surface area contributed by atoms with Gasteiger partial charge in [0, 0.05) is 17.4 Å². The van der Waals surface area contributed by atoms with Gasteiger partial charge in [0.15, 0.2) is 5.78 Å². The minimum atomic E-state index is 0.0135. The average Bonchev–Trinajstić information content (AvgIpc) is 2.54. The first-order chi connectivity index (χ1) is 9.08. The van der Waals surface area contributed by atoms with Crippen molar-refractivity contribution in [3.05, 3.63) is 34.3 Å². The number of nitrogens with zero attached hydrogens (tertiary/aromatic N) is 2. The van der Waals surface area contributed by atoms with Gasteiger partial charge < -0.3 is 4.90 Å². The molecule has 0 aromatic heterocycles. The molecule has 0 aliphatic carbocycles. The molecule has 1 aliphatic heterocycles. The predicted molar refractivity (Wildman–Crippen MR) is 81.4 cm³/mol. The number of benzene rings is 1. The van der Waals surface area contributed by atoms with Crippen LogP contribution in [-0.2, 0) is 11.2 Å². The summed E-state index contributed by atoms with van der Waals surface area (Å²) >= 11 is 3.51. The van der Waals surface area contributed by atoms with Gasteiger partial charge in [0.1, 0.15) is 0 Å². The van der Waals surface area contributed by atoms with Crippen LogP contribution >= 0.6 is 15.9 Å². The van der Waals surface area contributed by atoms with E-state index < -0.39 is 0 Å². The van der Waals surface area contributed by atoms with Gasteiger partial charge in [0.2, 0.25) is 0 Å². The first-order valence-corrected chi connectivity index (χ1v) is 7.52. The van der Waals surface area contributed by atoms with Gasteiger partial charge in [-0.1, -0.05) is 34.1 Å². The van der Waals surface area contributed by atoms with Gasteiger partial charge in [-0.25, -0.2) is 0 Å². The molecule has 1 aromatic rings. The van der Waals surface area contributed by atoms with Crippen molar-refractivity contribution in [2.45, 2.75) is 18.9 Å². The second-order valence-corrected chi connectivity index (χ2v) is 6.20. The highest BCUT2D eigenvalue weighted by Gasteiger charge is 2.26. The average molecular weight is 325 g/mol. The van der Waals surface area contributed by atoms with E-state index in [1.165, 1.54) is 0 Å². The van der Waals surface area contributed by atoms with Crippen LogP contribution in [0.3, 0.4) is 0 Å². The highest BCUT2D eigenvalue weighted by Crippen LogP contribution is 2.18. The largest absolute Gasteiger partial charge is 0.304 e. The summed E-state index contributed by atoms with van der Waals surface area (Å²) in [6, 6.07) is 7.98. The van der Waals surface area contributed by atoms with Crippen LogP contribution in [0, 0.1) is 0 Å². The summed E-state index contributed by atoms with van der Waals surface area (Å²) in [5.41, 5.74) is 1.08. The molecule has 2 rings (SSSR count). The lowest BCUT2D eigenvalue weighted by Gasteiger charge is -2.26. The topological polar surface area (TPSA) is 23.6 Å². The van der Waals surface area contributed by atoms with Crippen LogP contribution in [0.4, 0.5) is 0 Å². The Hall–Kier alpha value is -0.710. The Bertz CT molecular complexity index is 450. The highest BCUT2D eigenvalue weighted by atomic mass is 79.9. The van der Waals surface area contributed by atoms with E-state index in [0.717, 1.165) is 36.1 Å². The molecular weight excluding hydrogens is 304 g/mol. The monoisotopic (exact) mass is 324 g/mol. The SMILES string of the molecule is CN1CCCN(C)C(C(=O)Cc2ccccc2Br)C1. The van der Waals surface area contributed by atoms with E-state index in [1.54, 1.807) is 0 Å². The maximum absolute atomic E-state index is 12.5. The quantitative estimate of drug-likeness (QED) is 0.851. The molecule has 19 heavy (non-hydrogen) atoms. The minimum absolute atomic E-state index is 0.0135. The van der Waals surface area contributed by atoms with E-state index in [4.69, 9.17) is 0 Å². The van der Waals surface area contributed by atoms with Crippen molar-refractivity contribution in [1.29, 1.82) is 0 Å². The summed E-state index contributed by atoms with van der Waals surface area (Å²) in [7, 11) is 4.15. The standard InChI is InChI=1S/C15H21BrN2O/c1-17-8-5-9-18(2)14(11-17)15(19)10-12-6-3-4-7-13(12)16/h3-4,6-7,14H,5,8-11H2,1-2H3. The fraction of sp³-hybridized carbons (Fsp3) is 0.533. The number of likely N-dealkylation sites (N-methyl/N-ethyl adjacent to an activating group) is 2. The summed E-state index contributed by atoms with van der Waals surface area (Å²) in [6.45, 7) is 2.90. The zero-order chi connectivity index (χ0) is 13.8. The molecule has 4 heteroatoms. The van der Waals surface area contributed by atoms with E-state index >= 15 is 0 Å². The molecular formula is C15H21BrN2O. The van der Waals surface area contributed by atoms with Crippen LogP contribution in [0.1, 0.15) is 12.0 Å². The summed E-state index contributed by atoms with van der Waals surface area (Å²) in [5.74, 6) is 0.308. The molecule has 0 saturated carbocycles. The van der Waals surface area contributed by atoms with Crippen LogP contribution in [-0.4, -0.2) is 55.4 Å². The fourth-order valence-corrected chi connectivity index (χ4v) is 2.99. The first-order valence-electron chi connectivity index (χ1n) is 6.73. The molecule has 0 radical (unpaired) electrons. The van der Waals surface area contributed by atoms with E-state index in [1.807, 2.05) is 24.3 Å². The van der Waals surface area contributed by atoms with Gasteiger partial charge in [-0.3, -0.25) is 9.69 Å². The lowest BCUT2D eigenvalue weighted by atomic mass is 10.0. The molecule has 1 aromatic carbocycles. The number of carbonyl (C=O) groups is 1. The number of hydrogen-bond acceptors (Lipinski definition) is 3. The number of Topliss-reactive ketones (excluding diaryl/α,β-unsaturated/α-hetero) is 1. The number of rotatable bonds is 3. The van der Waals surface area contributed by atoms with Crippen molar-refractivity contribution in [3.8, 4) is 0 Å². The fourth-order valence-electron chi connectivity index (χ4n) is 2.57. The Balaban J connectivity index is 2.08. The Labute approximate surface area is 123 Å². The maximum Gasteiger partial charge on any atom is 0.155 e. The molecule has 1 aliphatic rings. The van der Waals surface area contributed by atoms with Crippen LogP contribution in [0.5, 0.6) is 0 Å². The van der Waals surface area contributed by atoms with Crippen LogP contribution in [0.2, 0.25) is 0 Å². The van der Waals surface area contributed by atoms with Crippen molar-refractivity contribution in [2.24, 2.45) is 0 Å². The summed E-state index contributed by atoms with van der Waals surface area (Å²) in [6.07, 6.45) is 1.64. The zero-order valence-corrected chi connectivity index (χ0v) is 13.2. The Kier molecular flexibility index (Phi) is 5.13. The maximum atomic E-state index is 12.5. The number of carbonyl (C=O) groups excluding carboxylic acids is 1. The third-order valence-electron chi connectivity index (χ3n) is 3.76. The van der Waals surface area contributed by atoms with Crippen molar-refractivity contribution in [2.75, 3.05) is 33.7 Å². The van der Waals surface area contributed by atoms with Gasteiger partial charge in [0.05, 0.1) is 6.04 Å². The normalized spacial score (nSPS) is 22.2. The molecule has 0 N–H and O–H groups in total. The lowest BCUT2D eigenvalue weighted by Crippen LogP contribution is -2.44. The van der Waals surface area contributed by atoms with Crippen molar-refractivity contribution < 1.29 is 4.79 Å². The van der Waals surface area contributed by atoms with Gasteiger partial charge in [-0.2, -0.15) is 0 Å². The summed E-state index contributed by atoms with van der Waals surface area (Å²) in [4.78, 5) is 17.0. The van der Waals surface area contributed by atoms with Crippen molar-refractivity contribution >= 4 is 21.7 Å². The van der Waals surface area contributed by atoms with Gasteiger partial charge >= 0.3 is 0 Å². The third kappa shape index (κ3) is 3.88.